The van der Waals surface area contributed by atoms with Gasteiger partial charge in [0.05, 0.1) is 5.75 Å². The smallest absolute Gasteiger partial charge is 0.220 e. The Labute approximate surface area is 122 Å². The maximum absolute atomic E-state index is 11.5. The van der Waals surface area contributed by atoms with Crippen molar-refractivity contribution in [1.29, 1.82) is 0 Å². The van der Waals surface area contributed by atoms with Crippen molar-refractivity contribution >= 4 is 15.7 Å². The van der Waals surface area contributed by atoms with Crippen LogP contribution in [-0.4, -0.2) is 45.5 Å². The van der Waals surface area contributed by atoms with Gasteiger partial charge in [0.15, 0.2) is 0 Å². The second-order valence-electron chi connectivity index (χ2n) is 5.73. The van der Waals surface area contributed by atoms with Crippen LogP contribution in [0.15, 0.2) is 0 Å². The van der Waals surface area contributed by atoms with Crippen LogP contribution in [-0.2, 0) is 14.6 Å². The Hall–Kier alpha value is -0.620. The zero-order chi connectivity index (χ0) is 14.8. The summed E-state index contributed by atoms with van der Waals surface area (Å²) < 4.78 is 21.9. The van der Waals surface area contributed by atoms with Gasteiger partial charge in [0.25, 0.3) is 0 Å². The van der Waals surface area contributed by atoms with Crippen molar-refractivity contribution in [1.82, 2.24) is 10.6 Å². The van der Waals surface area contributed by atoms with E-state index in [1.165, 1.54) is 44.8 Å². The molecule has 1 fully saturated rings. The number of carbonyl (C=O) groups is 1. The van der Waals surface area contributed by atoms with Gasteiger partial charge < -0.3 is 10.6 Å². The molecule has 6 heteroatoms. The van der Waals surface area contributed by atoms with Gasteiger partial charge in [-0.3, -0.25) is 4.79 Å². The molecule has 1 rings (SSSR count). The van der Waals surface area contributed by atoms with Crippen LogP contribution in [0.25, 0.3) is 0 Å². The summed E-state index contributed by atoms with van der Waals surface area (Å²) in [5.41, 5.74) is 0. The highest BCUT2D eigenvalue weighted by Crippen LogP contribution is 2.16. The summed E-state index contributed by atoms with van der Waals surface area (Å²) in [6.07, 6.45) is 9.65. The average molecular weight is 304 g/mol. The Kier molecular flexibility index (Phi) is 8.14. The van der Waals surface area contributed by atoms with Crippen LogP contribution in [0.5, 0.6) is 0 Å². The first-order valence-corrected chi connectivity index (χ1v) is 9.71. The lowest BCUT2D eigenvalue weighted by Gasteiger charge is -2.16. The van der Waals surface area contributed by atoms with Gasteiger partial charge in [-0.25, -0.2) is 8.42 Å². The topological polar surface area (TPSA) is 75.3 Å². The van der Waals surface area contributed by atoms with Crippen molar-refractivity contribution in [2.75, 3.05) is 25.1 Å². The maximum Gasteiger partial charge on any atom is 0.220 e. The van der Waals surface area contributed by atoms with E-state index >= 15 is 0 Å². The van der Waals surface area contributed by atoms with Crippen molar-refractivity contribution in [2.24, 2.45) is 0 Å². The fourth-order valence-electron chi connectivity index (χ4n) is 2.55. The van der Waals surface area contributed by atoms with E-state index in [0.717, 1.165) is 6.54 Å². The molecule has 0 spiro atoms. The van der Waals surface area contributed by atoms with E-state index in [9.17, 15) is 13.2 Å². The molecule has 1 amide bonds. The summed E-state index contributed by atoms with van der Waals surface area (Å²) in [6, 6.07) is 0.597. The molecule has 0 heterocycles. The van der Waals surface area contributed by atoms with Gasteiger partial charge >= 0.3 is 0 Å². The molecule has 1 saturated carbocycles. The molecule has 0 aromatic rings. The van der Waals surface area contributed by atoms with Crippen LogP contribution in [0.2, 0.25) is 0 Å². The van der Waals surface area contributed by atoms with Crippen molar-refractivity contribution in [3.63, 3.8) is 0 Å². The summed E-state index contributed by atoms with van der Waals surface area (Å²) in [5, 5.41) is 6.31. The standard InChI is InChI=1S/C14H28N2O3S/c1-20(18,19)12-6-9-14(17)16-11-10-15-13-7-4-2-3-5-8-13/h13,15H,2-12H2,1H3,(H,16,17). The first kappa shape index (κ1) is 17.4. The zero-order valence-electron chi connectivity index (χ0n) is 12.5. The average Bonchev–Trinajstić information content (AvgIpc) is 2.61. The molecule has 0 radical (unpaired) electrons. The van der Waals surface area contributed by atoms with Crippen LogP contribution in [0, 0.1) is 0 Å². The predicted octanol–water partition coefficient (Wildman–Crippen LogP) is 1.24. The molecule has 0 unspecified atom stereocenters. The molecule has 1 aliphatic rings. The maximum atomic E-state index is 11.5. The summed E-state index contributed by atoms with van der Waals surface area (Å²) in [6.45, 7) is 1.41. The lowest BCUT2D eigenvalue weighted by Crippen LogP contribution is -2.36. The Morgan fingerprint density at radius 3 is 2.35 bits per heavy atom. The van der Waals surface area contributed by atoms with Crippen LogP contribution in [0.1, 0.15) is 51.4 Å². The molecule has 1 aliphatic carbocycles. The molecule has 0 aromatic heterocycles. The number of sulfone groups is 1. The zero-order valence-corrected chi connectivity index (χ0v) is 13.3. The van der Waals surface area contributed by atoms with Crippen molar-refractivity contribution in [3.8, 4) is 0 Å². The molecule has 0 aromatic carbocycles. The van der Waals surface area contributed by atoms with Crippen LogP contribution in [0.3, 0.4) is 0 Å². The number of rotatable bonds is 8. The predicted molar refractivity (Wildman–Crippen MR) is 81.4 cm³/mol. The van der Waals surface area contributed by atoms with E-state index in [1.807, 2.05) is 0 Å². The fourth-order valence-corrected chi connectivity index (χ4v) is 3.21. The lowest BCUT2D eigenvalue weighted by atomic mass is 10.1. The van der Waals surface area contributed by atoms with Crippen LogP contribution < -0.4 is 10.6 Å². The van der Waals surface area contributed by atoms with Crippen molar-refractivity contribution in [2.45, 2.75) is 57.4 Å². The Bertz CT molecular complexity index is 374. The van der Waals surface area contributed by atoms with E-state index in [0.29, 0.717) is 19.0 Å². The van der Waals surface area contributed by atoms with Gasteiger partial charge in [-0.2, -0.15) is 0 Å². The van der Waals surface area contributed by atoms with Crippen molar-refractivity contribution < 1.29 is 13.2 Å². The molecule has 0 bridgehead atoms. The second-order valence-corrected chi connectivity index (χ2v) is 7.99. The quantitative estimate of drug-likeness (QED) is 0.522. The van der Waals surface area contributed by atoms with Gasteiger partial charge in [-0.1, -0.05) is 25.7 Å². The summed E-state index contributed by atoms with van der Waals surface area (Å²) in [7, 11) is -2.96. The summed E-state index contributed by atoms with van der Waals surface area (Å²) in [5.74, 6) is 0.0251. The molecule has 118 valence electrons. The van der Waals surface area contributed by atoms with Gasteiger partial charge in [-0.05, 0) is 19.3 Å². The Morgan fingerprint density at radius 1 is 1.10 bits per heavy atom. The largest absolute Gasteiger partial charge is 0.355 e. The minimum absolute atomic E-state index is 0.0590. The highest BCUT2D eigenvalue weighted by Gasteiger charge is 2.11. The number of carbonyl (C=O) groups excluding carboxylic acids is 1. The van der Waals surface area contributed by atoms with E-state index in [1.54, 1.807) is 0 Å². The third kappa shape index (κ3) is 9.31. The monoisotopic (exact) mass is 304 g/mol. The number of amides is 1. The number of nitrogens with one attached hydrogen (secondary N) is 2. The third-order valence-electron chi connectivity index (χ3n) is 3.65. The molecule has 5 nitrogen and oxygen atoms in total. The minimum atomic E-state index is -2.96. The minimum Gasteiger partial charge on any atom is -0.355 e. The molecule has 0 aliphatic heterocycles. The van der Waals surface area contributed by atoms with Gasteiger partial charge in [0, 0.05) is 31.8 Å². The van der Waals surface area contributed by atoms with E-state index in [2.05, 4.69) is 10.6 Å². The second kappa shape index (κ2) is 9.34. The third-order valence-corrected chi connectivity index (χ3v) is 4.68. The van der Waals surface area contributed by atoms with Crippen LogP contribution in [0.4, 0.5) is 0 Å². The highest BCUT2D eigenvalue weighted by molar-refractivity contribution is 7.90. The molecule has 2 N–H and O–H groups in total. The molecular formula is C14H28N2O3S. The van der Waals surface area contributed by atoms with Crippen LogP contribution >= 0.6 is 0 Å². The first-order chi connectivity index (χ1) is 9.47. The van der Waals surface area contributed by atoms with Gasteiger partial charge in [0.2, 0.25) is 5.91 Å². The van der Waals surface area contributed by atoms with E-state index in [-0.39, 0.29) is 18.1 Å². The molecular weight excluding hydrogens is 276 g/mol. The lowest BCUT2D eigenvalue weighted by molar-refractivity contribution is -0.121. The Balaban J connectivity index is 2.01. The fraction of sp³-hybridized carbons (Fsp3) is 0.929. The highest BCUT2D eigenvalue weighted by atomic mass is 32.2. The molecule has 20 heavy (non-hydrogen) atoms. The molecule has 0 atom stereocenters. The summed E-state index contributed by atoms with van der Waals surface area (Å²) in [4.78, 5) is 11.5. The molecule has 0 saturated heterocycles. The number of hydrogen-bond donors (Lipinski definition) is 2. The Morgan fingerprint density at radius 2 is 1.75 bits per heavy atom. The first-order valence-electron chi connectivity index (χ1n) is 7.65. The van der Waals surface area contributed by atoms with Crippen molar-refractivity contribution in [3.05, 3.63) is 0 Å². The van der Waals surface area contributed by atoms with Gasteiger partial charge in [-0.15, -0.1) is 0 Å². The normalized spacial score (nSPS) is 17.6. The number of hydrogen-bond acceptors (Lipinski definition) is 4. The van der Waals surface area contributed by atoms with Gasteiger partial charge in [0.1, 0.15) is 9.84 Å². The van der Waals surface area contributed by atoms with E-state index < -0.39 is 9.84 Å². The SMILES string of the molecule is CS(=O)(=O)CCCC(=O)NCCNC1CCCCCC1. The summed E-state index contributed by atoms with van der Waals surface area (Å²) >= 11 is 0. The van der Waals surface area contributed by atoms with E-state index in [4.69, 9.17) is 0 Å².